The average Bonchev–Trinajstić information content (AvgIpc) is 2.32. The maximum absolute atomic E-state index is 11.5. The van der Waals surface area contributed by atoms with Crippen LogP contribution in [-0.4, -0.2) is 17.1 Å². The van der Waals surface area contributed by atoms with Crippen LogP contribution >= 0.6 is 34.2 Å². The van der Waals surface area contributed by atoms with E-state index in [2.05, 4.69) is 9.97 Å². The Balaban J connectivity index is 2.50. The largest absolute Gasteiger partial charge is 0.495 e. The summed E-state index contributed by atoms with van der Waals surface area (Å²) in [6.07, 6.45) is 1.52. The van der Waals surface area contributed by atoms with Crippen molar-refractivity contribution in [1.82, 2.24) is 9.97 Å². The summed E-state index contributed by atoms with van der Waals surface area (Å²) in [6, 6.07) is 5.22. The molecule has 1 aromatic heterocycles. The molecule has 0 radical (unpaired) electrons. The summed E-state index contributed by atoms with van der Waals surface area (Å²) in [4.78, 5) is 18.3. The molecular formula is C11H8ClIN2O2. The third-order valence-electron chi connectivity index (χ3n) is 2.18. The summed E-state index contributed by atoms with van der Waals surface area (Å²) in [6.45, 7) is 0. The summed E-state index contributed by atoms with van der Waals surface area (Å²) in [5, 5.41) is 0.478. The first-order valence-corrected chi connectivity index (χ1v) is 6.16. The van der Waals surface area contributed by atoms with E-state index in [0.29, 0.717) is 20.2 Å². The predicted molar refractivity (Wildman–Crippen MR) is 74.6 cm³/mol. The number of nitrogens with zero attached hydrogens (tertiary/aromatic N) is 1. The fraction of sp³-hybridized carbons (Fsp3) is 0.0909. The Morgan fingerprint density at radius 3 is 2.82 bits per heavy atom. The normalized spacial score (nSPS) is 10.3. The Bertz CT molecular complexity index is 613. The van der Waals surface area contributed by atoms with Gasteiger partial charge in [0.1, 0.15) is 11.6 Å². The molecule has 4 nitrogen and oxygen atoms in total. The van der Waals surface area contributed by atoms with E-state index in [1.807, 2.05) is 22.6 Å². The van der Waals surface area contributed by atoms with Crippen LogP contribution in [0.4, 0.5) is 0 Å². The third kappa shape index (κ3) is 2.61. The molecule has 0 unspecified atom stereocenters. The first-order chi connectivity index (χ1) is 8.11. The number of aromatic amines is 1. The number of aromatic nitrogens is 2. The van der Waals surface area contributed by atoms with Gasteiger partial charge in [-0.15, -0.1) is 0 Å². The predicted octanol–water partition coefficient (Wildman–Crippen LogP) is 2.70. The number of methoxy groups -OCH3 is 1. The highest BCUT2D eigenvalue weighted by Gasteiger charge is 2.06. The van der Waals surface area contributed by atoms with Crippen molar-refractivity contribution < 1.29 is 4.74 Å². The molecular weight excluding hydrogens is 354 g/mol. The lowest BCUT2D eigenvalue weighted by Crippen LogP contribution is -2.11. The molecule has 0 amide bonds. The Kier molecular flexibility index (Phi) is 3.68. The molecule has 2 aromatic rings. The molecule has 0 aliphatic rings. The molecule has 6 heteroatoms. The highest BCUT2D eigenvalue weighted by Crippen LogP contribution is 2.28. The van der Waals surface area contributed by atoms with Gasteiger partial charge >= 0.3 is 0 Å². The van der Waals surface area contributed by atoms with Crippen LogP contribution in [0.2, 0.25) is 5.02 Å². The van der Waals surface area contributed by atoms with Crippen LogP contribution in [0.5, 0.6) is 5.75 Å². The Morgan fingerprint density at radius 2 is 2.24 bits per heavy atom. The molecule has 1 aromatic carbocycles. The molecule has 0 aliphatic heterocycles. The van der Waals surface area contributed by atoms with E-state index in [4.69, 9.17) is 16.3 Å². The maximum atomic E-state index is 11.5. The summed E-state index contributed by atoms with van der Waals surface area (Å²) < 4.78 is 5.60. The van der Waals surface area contributed by atoms with E-state index >= 15 is 0 Å². The van der Waals surface area contributed by atoms with E-state index in [1.165, 1.54) is 6.20 Å². The van der Waals surface area contributed by atoms with Crippen molar-refractivity contribution in [1.29, 1.82) is 0 Å². The lowest BCUT2D eigenvalue weighted by atomic mass is 10.2. The first-order valence-electron chi connectivity index (χ1n) is 4.70. The molecule has 17 heavy (non-hydrogen) atoms. The highest BCUT2D eigenvalue weighted by molar-refractivity contribution is 14.1. The number of hydrogen-bond donors (Lipinski definition) is 1. The number of nitrogens with one attached hydrogen (secondary N) is 1. The van der Waals surface area contributed by atoms with Gasteiger partial charge in [-0.05, 0) is 40.8 Å². The van der Waals surface area contributed by atoms with Crippen molar-refractivity contribution in [2.24, 2.45) is 0 Å². The second-order valence-corrected chi connectivity index (χ2v) is 4.83. The summed E-state index contributed by atoms with van der Waals surface area (Å²) in [5.41, 5.74) is 0.576. The van der Waals surface area contributed by atoms with Crippen molar-refractivity contribution >= 4 is 34.2 Å². The molecule has 1 N–H and O–H groups in total. The molecule has 0 saturated heterocycles. The van der Waals surface area contributed by atoms with Crippen LogP contribution in [-0.2, 0) is 0 Å². The zero-order valence-corrected chi connectivity index (χ0v) is 11.7. The van der Waals surface area contributed by atoms with Crippen LogP contribution in [0, 0.1) is 3.57 Å². The zero-order valence-electron chi connectivity index (χ0n) is 8.83. The van der Waals surface area contributed by atoms with Crippen LogP contribution in [0.25, 0.3) is 11.4 Å². The summed E-state index contributed by atoms with van der Waals surface area (Å²) >= 11 is 7.93. The minimum atomic E-state index is -0.164. The van der Waals surface area contributed by atoms with E-state index in [1.54, 1.807) is 25.3 Å². The number of hydrogen-bond acceptors (Lipinski definition) is 3. The molecule has 0 fully saturated rings. The molecule has 0 aliphatic carbocycles. The van der Waals surface area contributed by atoms with Gasteiger partial charge in [-0.1, -0.05) is 11.6 Å². The number of halogens is 2. The lowest BCUT2D eigenvalue weighted by molar-refractivity contribution is 0.415. The van der Waals surface area contributed by atoms with Gasteiger partial charge in [0.25, 0.3) is 5.56 Å². The average molecular weight is 363 g/mol. The zero-order chi connectivity index (χ0) is 12.4. The van der Waals surface area contributed by atoms with E-state index < -0.39 is 0 Å². The number of benzene rings is 1. The highest BCUT2D eigenvalue weighted by atomic mass is 127. The number of ether oxygens (including phenoxy) is 1. The van der Waals surface area contributed by atoms with Crippen LogP contribution < -0.4 is 10.3 Å². The molecule has 0 bridgehead atoms. The fourth-order valence-corrected chi connectivity index (χ4v) is 1.87. The fourth-order valence-electron chi connectivity index (χ4n) is 1.34. The smallest absolute Gasteiger partial charge is 0.264 e. The minimum absolute atomic E-state index is 0.164. The Morgan fingerprint density at radius 1 is 1.47 bits per heavy atom. The molecule has 0 spiro atoms. The van der Waals surface area contributed by atoms with E-state index in [0.717, 1.165) is 5.56 Å². The van der Waals surface area contributed by atoms with Gasteiger partial charge in [0, 0.05) is 11.8 Å². The minimum Gasteiger partial charge on any atom is -0.495 e. The maximum Gasteiger partial charge on any atom is 0.264 e. The molecule has 0 saturated carbocycles. The first kappa shape index (κ1) is 12.4. The van der Waals surface area contributed by atoms with Gasteiger partial charge in [-0.2, -0.15) is 0 Å². The van der Waals surface area contributed by atoms with Gasteiger partial charge in [-0.3, -0.25) is 4.79 Å². The number of rotatable bonds is 2. The standard InChI is InChI=1S/C11H8ClIN2O2/c1-17-9-3-2-6(4-7(9)12)10-14-5-8(13)11(16)15-10/h2-5H,1H3,(H,14,15,16). The van der Waals surface area contributed by atoms with Gasteiger partial charge in [-0.25, -0.2) is 4.98 Å². The van der Waals surface area contributed by atoms with Crippen LogP contribution in [0.1, 0.15) is 0 Å². The van der Waals surface area contributed by atoms with Crippen molar-refractivity contribution in [3.05, 3.63) is 43.3 Å². The molecule has 1 heterocycles. The van der Waals surface area contributed by atoms with Gasteiger partial charge in [0.2, 0.25) is 0 Å². The van der Waals surface area contributed by atoms with Gasteiger partial charge < -0.3 is 9.72 Å². The van der Waals surface area contributed by atoms with E-state index in [9.17, 15) is 4.79 Å². The van der Waals surface area contributed by atoms with Crippen LogP contribution in [0.3, 0.4) is 0 Å². The molecule has 2 rings (SSSR count). The quantitative estimate of drug-likeness (QED) is 0.836. The second kappa shape index (κ2) is 5.05. The molecule has 88 valence electrons. The monoisotopic (exact) mass is 362 g/mol. The topological polar surface area (TPSA) is 55.0 Å². The lowest BCUT2D eigenvalue weighted by Gasteiger charge is -2.05. The van der Waals surface area contributed by atoms with Crippen molar-refractivity contribution in [2.45, 2.75) is 0 Å². The van der Waals surface area contributed by atoms with E-state index in [-0.39, 0.29) is 5.56 Å². The number of H-pyrrole nitrogens is 1. The van der Waals surface area contributed by atoms with Crippen LogP contribution in [0.15, 0.2) is 29.2 Å². The Hall–Kier alpha value is -1.08. The Labute approximate surface area is 116 Å². The second-order valence-electron chi connectivity index (χ2n) is 3.26. The van der Waals surface area contributed by atoms with Gasteiger partial charge in [0.05, 0.1) is 15.7 Å². The third-order valence-corrected chi connectivity index (χ3v) is 3.24. The van der Waals surface area contributed by atoms with Crippen molar-refractivity contribution in [2.75, 3.05) is 7.11 Å². The van der Waals surface area contributed by atoms with Crippen molar-refractivity contribution in [3.63, 3.8) is 0 Å². The van der Waals surface area contributed by atoms with Crippen molar-refractivity contribution in [3.8, 4) is 17.1 Å². The summed E-state index contributed by atoms with van der Waals surface area (Å²) in [5.74, 6) is 1.07. The SMILES string of the molecule is COc1ccc(-c2ncc(I)c(=O)[nH]2)cc1Cl. The summed E-state index contributed by atoms with van der Waals surface area (Å²) in [7, 11) is 1.55. The molecule has 0 atom stereocenters. The van der Waals surface area contributed by atoms with Gasteiger partial charge in [0.15, 0.2) is 0 Å².